The maximum atomic E-state index is 11.5. The van der Waals surface area contributed by atoms with Crippen LogP contribution in [0, 0.1) is 5.92 Å². The van der Waals surface area contributed by atoms with Crippen LogP contribution in [0.25, 0.3) is 0 Å². The van der Waals surface area contributed by atoms with Gasteiger partial charge in [-0.05, 0) is 38.5 Å². The molecule has 138 valence electrons. The zero-order valence-corrected chi connectivity index (χ0v) is 15.0. The van der Waals surface area contributed by atoms with E-state index in [1.54, 1.807) is 7.05 Å². The second kappa shape index (κ2) is 7.86. The molecule has 0 bridgehead atoms. The van der Waals surface area contributed by atoms with E-state index in [2.05, 4.69) is 38.0 Å². The van der Waals surface area contributed by atoms with E-state index >= 15 is 0 Å². The van der Waals surface area contributed by atoms with Crippen molar-refractivity contribution in [2.24, 2.45) is 5.92 Å². The first-order valence-electron chi connectivity index (χ1n) is 9.19. The Morgan fingerprint density at radius 2 is 1.84 bits per heavy atom. The number of nitrogens with zero attached hydrogens (tertiary/aromatic N) is 3. The number of aromatic nitrogens is 2. The lowest BCUT2D eigenvalue weighted by atomic mass is 9.80. The maximum Gasteiger partial charge on any atom is 0.374 e. The van der Waals surface area contributed by atoms with Crippen LogP contribution in [0.4, 0.5) is 17.3 Å². The van der Waals surface area contributed by atoms with Crippen molar-refractivity contribution in [1.29, 1.82) is 0 Å². The molecule has 1 aromatic rings. The Bertz CT molecular complexity index is 588. The smallest absolute Gasteiger partial charge is 0.374 e. The molecule has 1 aliphatic heterocycles. The molecule has 8 heteroatoms. The molecule has 1 saturated heterocycles. The molecule has 8 nitrogen and oxygen atoms in total. The number of carbonyl (C=O) groups is 1. The second-order valence-electron chi connectivity index (χ2n) is 6.96. The third-order valence-electron chi connectivity index (χ3n) is 5.19. The number of nitrogens with one attached hydrogen (secondary N) is 3. The lowest BCUT2D eigenvalue weighted by Crippen LogP contribution is -2.36. The summed E-state index contributed by atoms with van der Waals surface area (Å²) >= 11 is 0. The molecule has 2 heterocycles. The average molecular weight is 348 g/mol. The summed E-state index contributed by atoms with van der Waals surface area (Å²) < 4.78 is 0. The van der Waals surface area contributed by atoms with E-state index in [1.807, 2.05) is 0 Å². The number of anilines is 3. The van der Waals surface area contributed by atoms with E-state index < -0.39 is 5.97 Å². The fraction of sp³-hybridized carbons (Fsp3) is 0.706. The van der Waals surface area contributed by atoms with Crippen LogP contribution in [0.2, 0.25) is 0 Å². The van der Waals surface area contributed by atoms with Gasteiger partial charge in [0.05, 0.1) is 0 Å². The standard InChI is InChI=1S/C17H28N6O2/c1-11(12-7-6-8-12)19-14-13(18-2)15(21-16(20-14)17(24)25)22-23-9-4-3-5-10-23/h11-12,18H,3-10H2,1-2H3,(H,24,25)(H2,19,20,21,22)/t11-/m1/s1. The minimum Gasteiger partial charge on any atom is -0.475 e. The van der Waals surface area contributed by atoms with E-state index in [4.69, 9.17) is 0 Å². The topological polar surface area (TPSA) is 102 Å². The predicted molar refractivity (Wildman–Crippen MR) is 98.0 cm³/mol. The number of hydrogen-bond donors (Lipinski definition) is 4. The number of aromatic carboxylic acids is 1. The normalized spacial score (nSPS) is 19.8. The zero-order chi connectivity index (χ0) is 17.8. The molecule has 2 aliphatic rings. The lowest BCUT2D eigenvalue weighted by molar-refractivity contribution is 0.0683. The molecule has 1 atom stereocenters. The first-order valence-corrected chi connectivity index (χ1v) is 9.19. The Labute approximate surface area is 148 Å². The highest BCUT2D eigenvalue weighted by atomic mass is 16.4. The third kappa shape index (κ3) is 4.12. The molecule has 1 aromatic heterocycles. The molecule has 0 unspecified atom stereocenters. The summed E-state index contributed by atoms with van der Waals surface area (Å²) in [6, 6.07) is 0.250. The number of hydrogen-bond acceptors (Lipinski definition) is 7. The molecule has 1 saturated carbocycles. The van der Waals surface area contributed by atoms with E-state index in [-0.39, 0.29) is 11.9 Å². The number of rotatable bonds is 7. The molecule has 0 radical (unpaired) electrons. The monoisotopic (exact) mass is 348 g/mol. The van der Waals surface area contributed by atoms with Crippen LogP contribution in [0.5, 0.6) is 0 Å². The molecule has 25 heavy (non-hydrogen) atoms. The quantitative estimate of drug-likeness (QED) is 0.596. The number of carboxylic acid groups (broad SMARTS) is 1. The van der Waals surface area contributed by atoms with Gasteiger partial charge in [-0.15, -0.1) is 0 Å². The van der Waals surface area contributed by atoms with Crippen molar-refractivity contribution < 1.29 is 9.90 Å². The van der Waals surface area contributed by atoms with Gasteiger partial charge >= 0.3 is 5.97 Å². The largest absolute Gasteiger partial charge is 0.475 e. The second-order valence-corrected chi connectivity index (χ2v) is 6.96. The summed E-state index contributed by atoms with van der Waals surface area (Å²) in [5.74, 6) is 0.367. The molecular formula is C17H28N6O2. The lowest BCUT2D eigenvalue weighted by Gasteiger charge is -2.33. The molecule has 2 fully saturated rings. The van der Waals surface area contributed by atoms with Crippen molar-refractivity contribution >= 4 is 23.3 Å². The highest BCUT2D eigenvalue weighted by Crippen LogP contribution is 2.34. The Morgan fingerprint density at radius 3 is 2.40 bits per heavy atom. The molecule has 0 amide bonds. The molecular weight excluding hydrogens is 320 g/mol. The van der Waals surface area contributed by atoms with Gasteiger partial charge in [-0.2, -0.15) is 0 Å². The fourth-order valence-electron chi connectivity index (χ4n) is 3.41. The number of piperidine rings is 1. The Hall–Kier alpha value is -2.09. The van der Waals surface area contributed by atoms with Crippen LogP contribution in [-0.2, 0) is 0 Å². The highest BCUT2D eigenvalue weighted by molar-refractivity contribution is 5.87. The molecule has 4 N–H and O–H groups in total. The van der Waals surface area contributed by atoms with Crippen LogP contribution < -0.4 is 16.1 Å². The zero-order valence-electron chi connectivity index (χ0n) is 15.0. The minimum absolute atomic E-state index is 0.193. The van der Waals surface area contributed by atoms with Crippen molar-refractivity contribution in [3.8, 4) is 0 Å². The average Bonchev–Trinajstić information content (AvgIpc) is 2.53. The van der Waals surface area contributed by atoms with Gasteiger partial charge < -0.3 is 21.2 Å². The number of carboxylic acids is 1. The van der Waals surface area contributed by atoms with Gasteiger partial charge in [-0.25, -0.2) is 19.8 Å². The van der Waals surface area contributed by atoms with Gasteiger partial charge in [-0.3, -0.25) is 0 Å². The van der Waals surface area contributed by atoms with Crippen molar-refractivity contribution in [3.63, 3.8) is 0 Å². The van der Waals surface area contributed by atoms with Crippen molar-refractivity contribution in [1.82, 2.24) is 15.0 Å². The van der Waals surface area contributed by atoms with Gasteiger partial charge in [0.1, 0.15) is 5.69 Å². The summed E-state index contributed by atoms with van der Waals surface area (Å²) in [5.41, 5.74) is 3.99. The van der Waals surface area contributed by atoms with E-state index in [1.165, 1.54) is 25.7 Å². The Kier molecular flexibility index (Phi) is 5.57. The Morgan fingerprint density at radius 1 is 1.16 bits per heavy atom. The van der Waals surface area contributed by atoms with Crippen molar-refractivity contribution in [2.75, 3.05) is 36.2 Å². The number of hydrazine groups is 1. The van der Waals surface area contributed by atoms with Gasteiger partial charge in [0.2, 0.25) is 5.82 Å². The van der Waals surface area contributed by atoms with Gasteiger partial charge in [0, 0.05) is 26.2 Å². The highest BCUT2D eigenvalue weighted by Gasteiger charge is 2.26. The van der Waals surface area contributed by atoms with Crippen LogP contribution in [0.15, 0.2) is 0 Å². The summed E-state index contributed by atoms with van der Waals surface area (Å²) in [4.78, 5) is 19.9. The maximum absolute atomic E-state index is 11.5. The first kappa shape index (κ1) is 17.7. The van der Waals surface area contributed by atoms with Crippen LogP contribution >= 0.6 is 0 Å². The van der Waals surface area contributed by atoms with Crippen LogP contribution in [-0.4, -0.2) is 52.2 Å². The van der Waals surface area contributed by atoms with Crippen LogP contribution in [0.3, 0.4) is 0 Å². The van der Waals surface area contributed by atoms with Gasteiger partial charge in [-0.1, -0.05) is 12.8 Å². The predicted octanol–water partition coefficient (Wildman–Crippen LogP) is 2.63. The Balaban J connectivity index is 1.87. The van der Waals surface area contributed by atoms with Crippen molar-refractivity contribution in [2.45, 2.75) is 51.5 Å². The molecule has 1 aliphatic carbocycles. The van der Waals surface area contributed by atoms with E-state index in [9.17, 15) is 9.90 Å². The summed E-state index contributed by atoms with van der Waals surface area (Å²) in [5, 5.41) is 18.0. The first-order chi connectivity index (χ1) is 12.1. The summed E-state index contributed by atoms with van der Waals surface area (Å²) in [6.07, 6.45) is 7.16. The van der Waals surface area contributed by atoms with E-state index in [0.717, 1.165) is 25.9 Å². The van der Waals surface area contributed by atoms with Crippen molar-refractivity contribution in [3.05, 3.63) is 5.82 Å². The fourth-order valence-corrected chi connectivity index (χ4v) is 3.41. The molecule has 0 aromatic carbocycles. The van der Waals surface area contributed by atoms with E-state index in [0.29, 0.717) is 23.2 Å². The van der Waals surface area contributed by atoms with Gasteiger partial charge in [0.15, 0.2) is 11.6 Å². The molecule has 0 spiro atoms. The van der Waals surface area contributed by atoms with Gasteiger partial charge in [0.25, 0.3) is 0 Å². The third-order valence-corrected chi connectivity index (χ3v) is 5.19. The summed E-state index contributed by atoms with van der Waals surface area (Å²) in [6.45, 7) is 3.98. The molecule has 3 rings (SSSR count). The minimum atomic E-state index is -1.12. The summed E-state index contributed by atoms with van der Waals surface area (Å²) in [7, 11) is 1.81. The SMILES string of the molecule is CNc1c(N[C@H](C)C2CCC2)nc(C(=O)O)nc1NN1CCCCC1. The van der Waals surface area contributed by atoms with Crippen LogP contribution in [0.1, 0.15) is 56.1 Å².